The van der Waals surface area contributed by atoms with Gasteiger partial charge in [0.15, 0.2) is 5.78 Å². The summed E-state index contributed by atoms with van der Waals surface area (Å²) in [6.45, 7) is 2.39. The van der Waals surface area contributed by atoms with E-state index in [4.69, 9.17) is 18.6 Å². The van der Waals surface area contributed by atoms with Crippen LogP contribution in [0.15, 0.2) is 108 Å². The van der Waals surface area contributed by atoms with Crippen LogP contribution in [0.2, 0.25) is 0 Å². The highest BCUT2D eigenvalue weighted by Gasteiger charge is 2.24. The molecule has 0 atom stereocenters. The van der Waals surface area contributed by atoms with Gasteiger partial charge in [-0.2, -0.15) is 0 Å². The number of fused-ring (bicyclic) bond motifs is 1. The van der Waals surface area contributed by atoms with E-state index in [9.17, 15) is 9.59 Å². The molecule has 0 saturated carbocycles. The molecule has 0 unspecified atom stereocenters. The van der Waals surface area contributed by atoms with Crippen molar-refractivity contribution in [3.05, 3.63) is 120 Å². The topological polar surface area (TPSA) is 75.0 Å². The average molecular weight is 519 g/mol. The summed E-state index contributed by atoms with van der Waals surface area (Å²) in [5.74, 6) is 1.32. The number of ketones is 1. The van der Waals surface area contributed by atoms with E-state index in [-0.39, 0.29) is 5.78 Å². The fourth-order valence-corrected chi connectivity index (χ4v) is 4.19. The molecule has 0 spiro atoms. The number of hydrogen-bond donors (Lipinski definition) is 0. The van der Waals surface area contributed by atoms with Gasteiger partial charge in [0.25, 0.3) is 0 Å². The molecule has 0 amide bonds. The van der Waals surface area contributed by atoms with Crippen LogP contribution in [0, 0.1) is 0 Å². The molecule has 0 aliphatic heterocycles. The number of rotatable bonds is 9. The summed E-state index contributed by atoms with van der Waals surface area (Å²) in [4.78, 5) is 26.1. The SMILES string of the molecule is CCOc1ccc2oc(-c3ccccc3)c(C(=O)Oc3ccc(C(=O)C=Cc4cccc(OC)c4)cc3)c2c1. The maximum Gasteiger partial charge on any atom is 0.348 e. The maximum absolute atomic E-state index is 13.5. The number of ether oxygens (including phenoxy) is 3. The fourth-order valence-electron chi connectivity index (χ4n) is 4.19. The Morgan fingerprint density at radius 3 is 2.33 bits per heavy atom. The van der Waals surface area contributed by atoms with Crippen LogP contribution in [0.1, 0.15) is 33.2 Å². The second-order valence-corrected chi connectivity index (χ2v) is 8.65. The van der Waals surface area contributed by atoms with Crippen molar-refractivity contribution in [1.82, 2.24) is 0 Å². The first-order valence-electron chi connectivity index (χ1n) is 12.5. The van der Waals surface area contributed by atoms with Crippen LogP contribution in [0.3, 0.4) is 0 Å². The lowest BCUT2D eigenvalue weighted by atomic mass is 10.1. The van der Waals surface area contributed by atoms with Gasteiger partial charge in [0.1, 0.15) is 34.2 Å². The highest BCUT2D eigenvalue weighted by atomic mass is 16.5. The quantitative estimate of drug-likeness (QED) is 0.0865. The van der Waals surface area contributed by atoms with Crippen molar-refractivity contribution < 1.29 is 28.2 Å². The minimum Gasteiger partial charge on any atom is -0.497 e. The molecular formula is C33H26O6. The molecule has 0 fully saturated rings. The maximum atomic E-state index is 13.5. The Morgan fingerprint density at radius 1 is 0.821 bits per heavy atom. The molecule has 0 bridgehead atoms. The highest BCUT2D eigenvalue weighted by Crippen LogP contribution is 2.36. The largest absolute Gasteiger partial charge is 0.497 e. The van der Waals surface area contributed by atoms with Crippen LogP contribution in [0.5, 0.6) is 17.2 Å². The molecule has 0 radical (unpaired) electrons. The molecular weight excluding hydrogens is 492 g/mol. The van der Waals surface area contributed by atoms with Crippen LogP contribution in [-0.2, 0) is 0 Å². The van der Waals surface area contributed by atoms with Crippen LogP contribution < -0.4 is 14.2 Å². The van der Waals surface area contributed by atoms with Crippen molar-refractivity contribution in [2.24, 2.45) is 0 Å². The Labute approximate surface area is 226 Å². The number of carbonyl (C=O) groups is 2. The second-order valence-electron chi connectivity index (χ2n) is 8.65. The minimum absolute atomic E-state index is 0.175. The molecule has 6 nitrogen and oxygen atoms in total. The zero-order valence-corrected chi connectivity index (χ0v) is 21.5. The second kappa shape index (κ2) is 11.5. The van der Waals surface area contributed by atoms with Gasteiger partial charge >= 0.3 is 5.97 Å². The summed E-state index contributed by atoms with van der Waals surface area (Å²) in [6, 6.07) is 28.6. The molecule has 1 aromatic heterocycles. The molecule has 0 aliphatic carbocycles. The molecule has 1 heterocycles. The number of furan rings is 1. The van der Waals surface area contributed by atoms with Crippen molar-refractivity contribution in [1.29, 1.82) is 0 Å². The van der Waals surface area contributed by atoms with Gasteiger partial charge < -0.3 is 18.6 Å². The van der Waals surface area contributed by atoms with Crippen molar-refractivity contribution in [3.63, 3.8) is 0 Å². The van der Waals surface area contributed by atoms with Crippen molar-refractivity contribution in [2.45, 2.75) is 6.92 Å². The standard InChI is InChI=1S/C33H26O6/c1-3-37-27-17-19-30-28(21-27)31(32(39-30)24-9-5-4-6-10-24)33(35)38-25-15-13-23(14-16-25)29(34)18-12-22-8-7-11-26(20-22)36-2/h4-21H,3H2,1-2H3. The summed E-state index contributed by atoms with van der Waals surface area (Å²) in [6.07, 6.45) is 3.22. The summed E-state index contributed by atoms with van der Waals surface area (Å²) in [5, 5.41) is 0.597. The lowest BCUT2D eigenvalue weighted by Crippen LogP contribution is -2.09. The van der Waals surface area contributed by atoms with E-state index in [1.54, 1.807) is 55.7 Å². The molecule has 5 aromatic rings. The van der Waals surface area contributed by atoms with E-state index in [2.05, 4.69) is 0 Å². The van der Waals surface area contributed by atoms with Gasteiger partial charge in [0.2, 0.25) is 0 Å². The number of benzene rings is 4. The number of methoxy groups -OCH3 is 1. The Kier molecular flexibility index (Phi) is 7.55. The summed E-state index contributed by atoms with van der Waals surface area (Å²) in [7, 11) is 1.60. The molecule has 6 heteroatoms. The van der Waals surface area contributed by atoms with Gasteiger partial charge in [0.05, 0.1) is 13.7 Å². The number of hydrogen-bond acceptors (Lipinski definition) is 6. The number of esters is 1. The zero-order chi connectivity index (χ0) is 27.2. The molecule has 4 aromatic carbocycles. The summed E-state index contributed by atoms with van der Waals surface area (Å²) < 4.78 is 22.7. The fraction of sp³-hybridized carbons (Fsp3) is 0.0909. The van der Waals surface area contributed by atoms with Crippen molar-refractivity contribution in [2.75, 3.05) is 13.7 Å². The van der Waals surface area contributed by atoms with E-state index >= 15 is 0 Å². The van der Waals surface area contributed by atoms with Gasteiger partial charge in [-0.25, -0.2) is 4.79 Å². The predicted molar refractivity (Wildman–Crippen MR) is 151 cm³/mol. The average Bonchev–Trinajstić information content (AvgIpc) is 3.36. The van der Waals surface area contributed by atoms with Crippen LogP contribution >= 0.6 is 0 Å². The summed E-state index contributed by atoms with van der Waals surface area (Å²) >= 11 is 0. The first-order chi connectivity index (χ1) is 19.1. The summed E-state index contributed by atoms with van der Waals surface area (Å²) in [5.41, 5.74) is 2.92. The van der Waals surface area contributed by atoms with Gasteiger partial charge in [-0.15, -0.1) is 0 Å². The van der Waals surface area contributed by atoms with Gasteiger partial charge in [-0.1, -0.05) is 48.5 Å². The molecule has 0 aliphatic rings. The van der Waals surface area contributed by atoms with E-state index in [1.807, 2.05) is 61.5 Å². The van der Waals surface area contributed by atoms with Gasteiger partial charge in [-0.3, -0.25) is 4.79 Å². The smallest absolute Gasteiger partial charge is 0.348 e. The van der Waals surface area contributed by atoms with Crippen molar-refractivity contribution >= 4 is 28.8 Å². The third-order valence-electron chi connectivity index (χ3n) is 6.08. The Hall–Kier alpha value is -5.10. The third kappa shape index (κ3) is 5.75. The van der Waals surface area contributed by atoms with Gasteiger partial charge in [0, 0.05) is 16.5 Å². The third-order valence-corrected chi connectivity index (χ3v) is 6.08. The predicted octanol–water partition coefficient (Wildman–Crippen LogP) is 7.62. The Balaban J connectivity index is 1.39. The highest BCUT2D eigenvalue weighted by molar-refractivity contribution is 6.10. The normalized spacial score (nSPS) is 11.0. The lowest BCUT2D eigenvalue weighted by molar-refractivity contribution is 0.0737. The van der Waals surface area contributed by atoms with Crippen LogP contribution in [0.4, 0.5) is 0 Å². The van der Waals surface area contributed by atoms with Gasteiger partial charge in [-0.05, 0) is 73.2 Å². The molecule has 39 heavy (non-hydrogen) atoms. The molecule has 194 valence electrons. The molecule has 0 saturated heterocycles. The van der Waals surface area contributed by atoms with E-state index in [0.29, 0.717) is 51.7 Å². The first kappa shape index (κ1) is 25.5. The van der Waals surface area contributed by atoms with Crippen LogP contribution in [-0.4, -0.2) is 25.5 Å². The minimum atomic E-state index is -0.571. The molecule has 0 N–H and O–H groups in total. The Morgan fingerprint density at radius 2 is 1.59 bits per heavy atom. The number of allylic oxidation sites excluding steroid dienone is 1. The monoisotopic (exact) mass is 518 g/mol. The van der Waals surface area contributed by atoms with E-state index in [0.717, 1.165) is 11.1 Å². The van der Waals surface area contributed by atoms with Crippen LogP contribution in [0.25, 0.3) is 28.4 Å². The zero-order valence-electron chi connectivity index (χ0n) is 21.5. The van der Waals surface area contributed by atoms with E-state index in [1.165, 1.54) is 6.08 Å². The van der Waals surface area contributed by atoms with E-state index < -0.39 is 5.97 Å². The van der Waals surface area contributed by atoms with Crippen molar-refractivity contribution in [3.8, 4) is 28.6 Å². The molecule has 5 rings (SSSR count). The lowest BCUT2D eigenvalue weighted by Gasteiger charge is -2.07. The Bertz CT molecular complexity index is 1650. The first-order valence-corrected chi connectivity index (χ1v) is 12.5. The number of carbonyl (C=O) groups excluding carboxylic acids is 2.